The number of Topliss-reactive ketones (excluding diaryl/α,β-unsaturated/α-hetero) is 1. The first-order chi connectivity index (χ1) is 19.4. The van der Waals surface area contributed by atoms with Gasteiger partial charge in [-0.15, -0.1) is 0 Å². The van der Waals surface area contributed by atoms with Gasteiger partial charge in [0.1, 0.15) is 5.75 Å². The zero-order chi connectivity index (χ0) is 30.3. The molecular weight excluding hydrogens is 547 g/mol. The van der Waals surface area contributed by atoms with E-state index in [1.165, 1.54) is 27.1 Å². The molecule has 0 amide bonds. The summed E-state index contributed by atoms with van der Waals surface area (Å²) in [6.07, 6.45) is 0.627. The second-order valence-electron chi connectivity index (χ2n) is 9.78. The van der Waals surface area contributed by atoms with Crippen molar-refractivity contribution in [3.8, 4) is 5.75 Å². The lowest BCUT2D eigenvalue weighted by atomic mass is 9.96. The van der Waals surface area contributed by atoms with E-state index < -0.39 is 12.0 Å². The molecule has 0 unspecified atom stereocenters. The fourth-order valence-corrected chi connectivity index (χ4v) is 5.00. The number of ether oxygens (including phenoxy) is 1. The van der Waals surface area contributed by atoms with Crippen LogP contribution < -0.4 is 9.46 Å². The summed E-state index contributed by atoms with van der Waals surface area (Å²) in [6, 6.07) is 18.9. The Morgan fingerprint density at radius 3 is 2.29 bits per heavy atom. The molecule has 3 aromatic rings. The van der Waals surface area contributed by atoms with Crippen LogP contribution in [0.25, 0.3) is 11.3 Å². The van der Waals surface area contributed by atoms with Crippen molar-refractivity contribution in [1.29, 1.82) is 0 Å². The van der Waals surface area contributed by atoms with E-state index in [1.54, 1.807) is 11.9 Å². The Hall–Kier alpha value is -3.65. The number of alkyl halides is 3. The maximum atomic E-state index is 11.1. The van der Waals surface area contributed by atoms with Crippen molar-refractivity contribution in [2.45, 2.75) is 71.9 Å². The first-order valence-corrected chi connectivity index (χ1v) is 14.3. The highest BCUT2D eigenvalue weighted by molar-refractivity contribution is 8.00. The van der Waals surface area contributed by atoms with E-state index in [2.05, 4.69) is 62.7 Å². The molecule has 8 heteroatoms. The number of allylic oxidation sites excluding steroid dienone is 2. The summed E-state index contributed by atoms with van der Waals surface area (Å²) in [4.78, 5) is 10.5. The Labute approximate surface area is 244 Å². The molecule has 0 aliphatic carbocycles. The molecule has 0 radical (unpaired) electrons. The van der Waals surface area contributed by atoms with Crippen LogP contribution in [0.1, 0.15) is 67.5 Å². The second-order valence-corrected chi connectivity index (χ2v) is 10.7. The number of aliphatic hydroxyl groups excluding tert-OH is 1. The molecule has 1 aliphatic heterocycles. The molecule has 2 N–H and O–H groups in total. The van der Waals surface area contributed by atoms with Gasteiger partial charge in [-0.2, -0.15) is 13.2 Å². The lowest BCUT2D eigenvalue weighted by Gasteiger charge is -2.24. The Balaban J connectivity index is 0.000000587. The maximum absolute atomic E-state index is 11.1. The molecule has 41 heavy (non-hydrogen) atoms. The molecule has 218 valence electrons. The highest BCUT2D eigenvalue weighted by Crippen LogP contribution is 2.42. The average Bonchev–Trinajstić information content (AvgIpc) is 2.93. The maximum Gasteiger partial charge on any atom is 0.449 e. The summed E-state index contributed by atoms with van der Waals surface area (Å²) in [5.74, 6) is -0.348. The lowest BCUT2D eigenvalue weighted by Crippen LogP contribution is -2.18. The van der Waals surface area contributed by atoms with Gasteiger partial charge in [0, 0.05) is 34.2 Å². The molecule has 4 rings (SSSR count). The van der Waals surface area contributed by atoms with Crippen molar-refractivity contribution in [1.82, 2.24) is 0 Å². The quantitative estimate of drug-likeness (QED) is 0.271. The third-order valence-electron chi connectivity index (χ3n) is 6.77. The molecule has 1 heterocycles. The molecule has 0 spiro atoms. The van der Waals surface area contributed by atoms with Crippen molar-refractivity contribution < 1.29 is 27.8 Å². The van der Waals surface area contributed by atoms with Crippen LogP contribution in [-0.2, 0) is 17.6 Å². The van der Waals surface area contributed by atoms with Gasteiger partial charge in [-0.05, 0) is 104 Å². The smallest absolute Gasteiger partial charge is 0.449 e. The minimum absolute atomic E-state index is 0.169. The number of halogens is 3. The third-order valence-corrected chi connectivity index (χ3v) is 7.60. The van der Waals surface area contributed by atoms with Crippen molar-refractivity contribution in [2.75, 3.05) is 4.72 Å². The predicted octanol–water partition coefficient (Wildman–Crippen LogP) is 9.80. The summed E-state index contributed by atoms with van der Waals surface area (Å²) >= 11 is 1.61. The van der Waals surface area contributed by atoms with E-state index in [-0.39, 0.29) is 5.76 Å². The molecule has 1 aliphatic rings. The highest BCUT2D eigenvalue weighted by Gasteiger charge is 2.33. The van der Waals surface area contributed by atoms with Crippen molar-refractivity contribution in [3.05, 3.63) is 99.8 Å². The van der Waals surface area contributed by atoms with Gasteiger partial charge < -0.3 is 14.6 Å². The zero-order valence-electron chi connectivity index (χ0n) is 24.2. The molecule has 0 atom stereocenters. The van der Waals surface area contributed by atoms with Crippen LogP contribution in [0.15, 0.2) is 71.3 Å². The first kappa shape index (κ1) is 31.9. The SMILES string of the molecule is C/C=C1/C(O)=C(c2ccc(C)c(C)c2)Oc2ccc(NSc3ccc(CCC)c(CC)c3)cc21.CC(=O)C(F)(F)F. The number of fused-ring (bicyclic) bond motifs is 1. The first-order valence-electron chi connectivity index (χ1n) is 13.5. The normalized spacial score (nSPS) is 13.7. The van der Waals surface area contributed by atoms with Crippen molar-refractivity contribution in [2.24, 2.45) is 0 Å². The molecule has 4 nitrogen and oxygen atoms in total. The van der Waals surface area contributed by atoms with Crippen LogP contribution in [0.3, 0.4) is 0 Å². The fraction of sp³-hybridized carbons (Fsp3) is 0.303. The number of carbonyl (C=O) groups excluding carboxylic acids is 1. The topological polar surface area (TPSA) is 58.6 Å². The van der Waals surface area contributed by atoms with Crippen LogP contribution in [0.5, 0.6) is 5.75 Å². The van der Waals surface area contributed by atoms with Gasteiger partial charge in [0.05, 0.1) is 0 Å². The van der Waals surface area contributed by atoms with E-state index in [0.717, 1.165) is 47.4 Å². The monoisotopic (exact) mass is 583 g/mol. The Bertz CT molecular complexity index is 1480. The van der Waals surface area contributed by atoms with Gasteiger partial charge in [0.2, 0.25) is 5.78 Å². The standard InChI is InChI=1S/C30H33NO2S.C3H3F3O/c1-6-9-22-12-14-25(17-21(22)7-2)34-31-24-13-15-28-27(18-24)26(8-3)29(32)30(33-28)23-11-10-19(4)20(5)16-23;1-2(7)3(4,5)6/h8,10-18,31-32H,6-7,9H2,1-5H3;1H3/b26-8+;. The van der Waals surface area contributed by atoms with E-state index >= 15 is 0 Å². The average molecular weight is 584 g/mol. The number of aryl methyl sites for hydroxylation is 4. The van der Waals surface area contributed by atoms with Gasteiger partial charge in [0.15, 0.2) is 11.5 Å². The van der Waals surface area contributed by atoms with Gasteiger partial charge in [-0.1, -0.05) is 44.5 Å². The molecule has 0 saturated carbocycles. The minimum Gasteiger partial charge on any atom is -0.504 e. The van der Waals surface area contributed by atoms with Gasteiger partial charge in [-0.25, -0.2) is 0 Å². The highest BCUT2D eigenvalue weighted by atomic mass is 32.2. The number of aliphatic hydroxyl groups is 1. The number of ketones is 1. The number of carbonyl (C=O) groups is 1. The van der Waals surface area contributed by atoms with Crippen LogP contribution >= 0.6 is 11.9 Å². The van der Waals surface area contributed by atoms with Gasteiger partial charge in [0.25, 0.3) is 0 Å². The minimum atomic E-state index is -4.64. The molecule has 0 fully saturated rings. The Kier molecular flexibility index (Phi) is 10.7. The number of hydrogen-bond donors (Lipinski definition) is 2. The van der Waals surface area contributed by atoms with Crippen LogP contribution in [0, 0.1) is 13.8 Å². The number of anilines is 1. The lowest BCUT2D eigenvalue weighted by molar-refractivity contribution is -0.168. The molecule has 0 bridgehead atoms. The number of nitrogens with one attached hydrogen (secondary N) is 1. The predicted molar refractivity (Wildman–Crippen MR) is 162 cm³/mol. The summed E-state index contributed by atoms with van der Waals surface area (Å²) in [7, 11) is 0. The van der Waals surface area contributed by atoms with Crippen LogP contribution in [0.2, 0.25) is 0 Å². The molecule has 0 aromatic heterocycles. The zero-order valence-corrected chi connectivity index (χ0v) is 25.0. The van der Waals surface area contributed by atoms with Crippen molar-refractivity contribution >= 4 is 34.8 Å². The summed E-state index contributed by atoms with van der Waals surface area (Å²) in [6.45, 7) is 11.0. The number of rotatable bonds is 7. The largest absolute Gasteiger partial charge is 0.504 e. The van der Waals surface area contributed by atoms with Crippen LogP contribution in [0.4, 0.5) is 18.9 Å². The number of benzene rings is 3. The second kappa shape index (κ2) is 13.8. The molecule has 3 aromatic carbocycles. The van der Waals surface area contributed by atoms with Gasteiger partial charge >= 0.3 is 6.18 Å². The van der Waals surface area contributed by atoms with E-state index in [1.807, 2.05) is 37.3 Å². The van der Waals surface area contributed by atoms with Crippen LogP contribution in [-0.4, -0.2) is 17.1 Å². The molecule has 0 saturated heterocycles. The fourth-order valence-electron chi connectivity index (χ4n) is 4.30. The van der Waals surface area contributed by atoms with E-state index in [0.29, 0.717) is 12.7 Å². The Morgan fingerprint density at radius 1 is 1.00 bits per heavy atom. The third kappa shape index (κ3) is 7.97. The van der Waals surface area contributed by atoms with E-state index in [4.69, 9.17) is 4.74 Å². The van der Waals surface area contributed by atoms with Crippen molar-refractivity contribution in [3.63, 3.8) is 0 Å². The summed E-state index contributed by atoms with van der Waals surface area (Å²) in [5, 5.41) is 11.1. The number of hydrogen-bond acceptors (Lipinski definition) is 5. The van der Waals surface area contributed by atoms with Gasteiger partial charge in [-0.3, -0.25) is 4.79 Å². The summed E-state index contributed by atoms with van der Waals surface area (Å²) < 4.78 is 42.1. The summed E-state index contributed by atoms with van der Waals surface area (Å²) in [5.41, 5.74) is 8.74. The Morgan fingerprint density at radius 2 is 1.71 bits per heavy atom. The molecular formula is C33H36F3NO3S. The van der Waals surface area contributed by atoms with E-state index in [9.17, 15) is 23.1 Å².